The Balaban J connectivity index is 1.34. The van der Waals surface area contributed by atoms with Crippen LogP contribution >= 0.6 is 34.3 Å². The van der Waals surface area contributed by atoms with Crippen LogP contribution in [0.4, 0.5) is 13.9 Å². The molecule has 0 spiro atoms. The van der Waals surface area contributed by atoms with E-state index in [0.29, 0.717) is 45.9 Å². The van der Waals surface area contributed by atoms with Gasteiger partial charge >= 0.3 is 0 Å². The van der Waals surface area contributed by atoms with Crippen LogP contribution in [0.15, 0.2) is 36.4 Å². The molecule has 1 saturated heterocycles. The van der Waals surface area contributed by atoms with Gasteiger partial charge in [0.15, 0.2) is 10.9 Å². The molecule has 148 valence electrons. The van der Waals surface area contributed by atoms with Crippen LogP contribution in [0.3, 0.4) is 0 Å². The maximum absolute atomic E-state index is 13.9. The first kappa shape index (κ1) is 18.7. The number of carbonyl (C=O) groups excluding carboxylic acids is 1. The van der Waals surface area contributed by atoms with E-state index in [-0.39, 0.29) is 11.4 Å². The number of thiazole rings is 1. The number of carbonyl (C=O) groups is 1. The SMILES string of the molecule is O=C(c1sc2ccccc2c1Cl)N1CCN(c2nc3c(F)cc(F)cc3s2)CC1. The molecule has 1 amide bonds. The van der Waals surface area contributed by atoms with Crippen molar-refractivity contribution in [1.82, 2.24) is 9.88 Å². The van der Waals surface area contributed by atoms with Gasteiger partial charge < -0.3 is 9.80 Å². The third-order valence-corrected chi connectivity index (χ3v) is 7.70. The fraction of sp³-hybridized carbons (Fsp3) is 0.200. The Morgan fingerprint density at radius 2 is 1.79 bits per heavy atom. The van der Waals surface area contributed by atoms with E-state index >= 15 is 0 Å². The average molecular weight is 450 g/mol. The van der Waals surface area contributed by atoms with E-state index in [0.717, 1.165) is 16.2 Å². The second kappa shape index (κ2) is 7.19. The van der Waals surface area contributed by atoms with E-state index in [1.807, 2.05) is 29.2 Å². The summed E-state index contributed by atoms with van der Waals surface area (Å²) in [5.74, 6) is -1.34. The normalized spacial score (nSPS) is 14.9. The van der Waals surface area contributed by atoms with Crippen LogP contribution in [0.2, 0.25) is 5.02 Å². The first-order valence-corrected chi connectivity index (χ1v) is 11.0. The Kier molecular flexibility index (Phi) is 4.64. The second-order valence-electron chi connectivity index (χ2n) is 6.75. The topological polar surface area (TPSA) is 36.4 Å². The molecule has 0 N–H and O–H groups in total. The Morgan fingerprint density at radius 3 is 2.55 bits per heavy atom. The predicted molar refractivity (Wildman–Crippen MR) is 114 cm³/mol. The number of benzene rings is 2. The van der Waals surface area contributed by atoms with Gasteiger partial charge in [-0.15, -0.1) is 11.3 Å². The maximum Gasteiger partial charge on any atom is 0.265 e. The lowest BCUT2D eigenvalue weighted by Crippen LogP contribution is -2.48. The largest absolute Gasteiger partial charge is 0.345 e. The first-order valence-electron chi connectivity index (χ1n) is 8.98. The van der Waals surface area contributed by atoms with Crippen LogP contribution in [0.5, 0.6) is 0 Å². The Labute approximate surface area is 177 Å². The van der Waals surface area contributed by atoms with Gasteiger partial charge in [0.1, 0.15) is 16.2 Å². The quantitative estimate of drug-likeness (QED) is 0.411. The lowest BCUT2D eigenvalue weighted by atomic mass is 10.2. The summed E-state index contributed by atoms with van der Waals surface area (Å²) in [4.78, 5) is 21.6. The number of piperazine rings is 1. The van der Waals surface area contributed by atoms with Crippen molar-refractivity contribution in [3.8, 4) is 0 Å². The number of hydrogen-bond acceptors (Lipinski definition) is 5. The fourth-order valence-electron chi connectivity index (χ4n) is 3.48. The molecule has 3 heterocycles. The number of aromatic nitrogens is 1. The molecule has 1 aliphatic heterocycles. The van der Waals surface area contributed by atoms with Gasteiger partial charge in [0.25, 0.3) is 5.91 Å². The molecule has 4 nitrogen and oxygen atoms in total. The lowest BCUT2D eigenvalue weighted by molar-refractivity contribution is 0.0752. The molecule has 0 aliphatic carbocycles. The van der Waals surface area contributed by atoms with Crippen molar-refractivity contribution >= 4 is 65.6 Å². The zero-order valence-electron chi connectivity index (χ0n) is 15.0. The summed E-state index contributed by atoms with van der Waals surface area (Å²) in [6, 6.07) is 9.84. The van der Waals surface area contributed by atoms with Crippen LogP contribution in [0.1, 0.15) is 9.67 Å². The summed E-state index contributed by atoms with van der Waals surface area (Å²) in [5.41, 5.74) is 0.182. The average Bonchev–Trinajstić information content (AvgIpc) is 3.30. The third kappa shape index (κ3) is 3.25. The van der Waals surface area contributed by atoms with Gasteiger partial charge in [0.05, 0.1) is 9.72 Å². The molecule has 0 unspecified atom stereocenters. The van der Waals surface area contributed by atoms with Crippen molar-refractivity contribution in [1.29, 1.82) is 0 Å². The highest BCUT2D eigenvalue weighted by Crippen LogP contribution is 2.36. The minimum absolute atomic E-state index is 0.0757. The van der Waals surface area contributed by atoms with Crippen LogP contribution in [-0.4, -0.2) is 42.0 Å². The van der Waals surface area contributed by atoms with E-state index in [4.69, 9.17) is 11.6 Å². The highest BCUT2D eigenvalue weighted by molar-refractivity contribution is 7.22. The molecule has 0 atom stereocenters. The Hall–Kier alpha value is -2.29. The van der Waals surface area contributed by atoms with E-state index in [1.54, 1.807) is 4.90 Å². The Bertz CT molecular complexity index is 1250. The number of halogens is 3. The molecular weight excluding hydrogens is 436 g/mol. The minimum Gasteiger partial charge on any atom is -0.345 e. The second-order valence-corrected chi connectivity index (χ2v) is 9.19. The maximum atomic E-state index is 13.9. The number of anilines is 1. The van der Waals surface area contributed by atoms with Crippen LogP contribution in [0.25, 0.3) is 20.3 Å². The molecule has 29 heavy (non-hydrogen) atoms. The fourth-order valence-corrected chi connectivity index (χ4v) is 6.01. The van der Waals surface area contributed by atoms with Crippen LogP contribution in [0, 0.1) is 11.6 Å². The predicted octanol–water partition coefficient (Wildman–Crippen LogP) is 5.41. The van der Waals surface area contributed by atoms with Crippen molar-refractivity contribution in [2.75, 3.05) is 31.1 Å². The lowest BCUT2D eigenvalue weighted by Gasteiger charge is -2.34. The van der Waals surface area contributed by atoms with E-state index in [9.17, 15) is 13.6 Å². The van der Waals surface area contributed by atoms with Gasteiger partial charge in [-0.25, -0.2) is 13.8 Å². The number of thiophene rings is 1. The molecule has 1 fully saturated rings. The minimum atomic E-state index is -0.657. The van der Waals surface area contributed by atoms with Crippen molar-refractivity contribution in [3.63, 3.8) is 0 Å². The molecule has 0 radical (unpaired) electrons. The van der Waals surface area contributed by atoms with Gasteiger partial charge in [-0.3, -0.25) is 4.79 Å². The van der Waals surface area contributed by atoms with E-state index in [1.165, 1.54) is 28.7 Å². The monoisotopic (exact) mass is 449 g/mol. The van der Waals surface area contributed by atoms with Crippen LogP contribution < -0.4 is 4.90 Å². The number of amides is 1. The molecular formula is C20H14ClF2N3OS2. The Morgan fingerprint density at radius 1 is 1.03 bits per heavy atom. The third-order valence-electron chi connectivity index (χ3n) is 4.97. The molecule has 2 aromatic carbocycles. The zero-order valence-corrected chi connectivity index (χ0v) is 17.4. The smallest absolute Gasteiger partial charge is 0.265 e. The van der Waals surface area contributed by atoms with Gasteiger partial charge in [-0.2, -0.15) is 0 Å². The zero-order chi connectivity index (χ0) is 20.1. The van der Waals surface area contributed by atoms with Gasteiger partial charge in [-0.05, 0) is 12.1 Å². The van der Waals surface area contributed by atoms with Crippen molar-refractivity contribution in [2.45, 2.75) is 0 Å². The summed E-state index contributed by atoms with van der Waals surface area (Å²) in [5, 5.41) is 2.03. The van der Waals surface area contributed by atoms with Gasteiger partial charge in [-0.1, -0.05) is 41.1 Å². The molecule has 2 aromatic heterocycles. The summed E-state index contributed by atoms with van der Waals surface area (Å²) < 4.78 is 28.8. The summed E-state index contributed by atoms with van der Waals surface area (Å²) >= 11 is 9.11. The van der Waals surface area contributed by atoms with E-state index < -0.39 is 11.6 Å². The molecule has 1 aliphatic rings. The number of fused-ring (bicyclic) bond motifs is 2. The molecule has 4 aromatic rings. The molecule has 5 rings (SSSR count). The highest BCUT2D eigenvalue weighted by Gasteiger charge is 2.27. The summed E-state index contributed by atoms with van der Waals surface area (Å²) in [6.45, 7) is 2.16. The van der Waals surface area contributed by atoms with Gasteiger partial charge in [0, 0.05) is 42.3 Å². The number of rotatable bonds is 2. The molecule has 0 bridgehead atoms. The van der Waals surface area contributed by atoms with Crippen molar-refractivity contribution in [3.05, 3.63) is 57.9 Å². The molecule has 0 saturated carbocycles. The van der Waals surface area contributed by atoms with Crippen LogP contribution in [-0.2, 0) is 0 Å². The van der Waals surface area contributed by atoms with E-state index in [2.05, 4.69) is 4.98 Å². The molecule has 9 heteroatoms. The number of hydrogen-bond donors (Lipinski definition) is 0. The van der Waals surface area contributed by atoms with Crippen molar-refractivity contribution in [2.24, 2.45) is 0 Å². The highest BCUT2D eigenvalue weighted by atomic mass is 35.5. The first-order chi connectivity index (χ1) is 14.0. The summed E-state index contributed by atoms with van der Waals surface area (Å²) in [7, 11) is 0. The van der Waals surface area contributed by atoms with Crippen molar-refractivity contribution < 1.29 is 13.6 Å². The standard InChI is InChI=1S/C20H14ClF2N3OS2/c21-16-12-3-1-2-4-14(12)28-18(16)19(27)25-5-7-26(8-6-25)20-24-17-13(23)9-11(22)10-15(17)29-20/h1-4,9-10H,5-8H2. The number of nitrogens with zero attached hydrogens (tertiary/aromatic N) is 3. The van der Waals surface area contributed by atoms with Gasteiger partial charge in [0.2, 0.25) is 0 Å². The summed E-state index contributed by atoms with van der Waals surface area (Å²) in [6.07, 6.45) is 0.